The van der Waals surface area contributed by atoms with Gasteiger partial charge in [-0.15, -0.1) is 10.2 Å². The van der Waals surface area contributed by atoms with E-state index in [0.29, 0.717) is 36.2 Å². The number of rotatable bonds is 6. The van der Waals surface area contributed by atoms with Crippen molar-refractivity contribution >= 4 is 11.9 Å². The van der Waals surface area contributed by atoms with Gasteiger partial charge in [-0.2, -0.15) is 13.2 Å². The van der Waals surface area contributed by atoms with Crippen molar-refractivity contribution in [2.24, 2.45) is 0 Å². The minimum Gasteiger partial charge on any atom is -0.507 e. The van der Waals surface area contributed by atoms with Crippen LogP contribution < -0.4 is 10.6 Å². The lowest BCUT2D eigenvalue weighted by atomic mass is 10.0. The molecule has 1 unspecified atom stereocenters. The zero-order valence-corrected chi connectivity index (χ0v) is 20.4. The third kappa shape index (κ3) is 7.71. The fraction of sp³-hybridized carbons (Fsp3) is 0.542. The Kier molecular flexibility index (Phi) is 8.09. The molecule has 0 radical (unpaired) electrons. The zero-order valence-electron chi connectivity index (χ0n) is 20.4. The summed E-state index contributed by atoms with van der Waals surface area (Å²) in [5, 5.41) is 24.6. The first-order chi connectivity index (χ1) is 16.3. The van der Waals surface area contributed by atoms with Crippen molar-refractivity contribution in [1.82, 2.24) is 20.4 Å². The molecular formula is C24H32F3N5O3. The Morgan fingerprint density at radius 3 is 2.60 bits per heavy atom. The van der Waals surface area contributed by atoms with Gasteiger partial charge in [-0.3, -0.25) is 4.90 Å². The Bertz CT molecular complexity index is 1040. The number of aryl methyl sites for hydroxylation is 1. The van der Waals surface area contributed by atoms with Crippen molar-refractivity contribution < 1.29 is 27.8 Å². The van der Waals surface area contributed by atoms with Gasteiger partial charge in [-0.1, -0.05) is 0 Å². The smallest absolute Gasteiger partial charge is 0.416 e. The van der Waals surface area contributed by atoms with E-state index < -0.39 is 29.2 Å². The minimum absolute atomic E-state index is 0.129. The van der Waals surface area contributed by atoms with E-state index >= 15 is 0 Å². The molecule has 8 nitrogen and oxygen atoms in total. The average Bonchev–Trinajstić information content (AvgIpc) is 2.73. The number of piperidine rings is 1. The Morgan fingerprint density at radius 2 is 1.97 bits per heavy atom. The molecule has 1 aromatic heterocycles. The van der Waals surface area contributed by atoms with Crippen molar-refractivity contribution in [3.63, 3.8) is 0 Å². The van der Waals surface area contributed by atoms with Crippen LogP contribution in [-0.2, 0) is 10.9 Å². The SMILES string of the molecule is Cc1cc(NC2CCCN(CCNC(=O)OC(C)(C)C)C2)nnc1-c1ccc(C(F)(F)F)cc1O. The number of phenolic OH excluding ortho intramolecular Hbond substituents is 1. The quantitative estimate of drug-likeness (QED) is 0.540. The molecule has 35 heavy (non-hydrogen) atoms. The Morgan fingerprint density at radius 1 is 1.23 bits per heavy atom. The summed E-state index contributed by atoms with van der Waals surface area (Å²) < 4.78 is 43.9. The molecule has 1 aliphatic heterocycles. The van der Waals surface area contributed by atoms with E-state index in [1.165, 1.54) is 6.07 Å². The lowest BCUT2D eigenvalue weighted by molar-refractivity contribution is -0.137. The number of aromatic hydroxyl groups is 1. The predicted octanol–water partition coefficient (Wildman–Crippen LogP) is 4.58. The third-order valence-corrected chi connectivity index (χ3v) is 5.52. The second-order valence-corrected chi connectivity index (χ2v) is 9.70. The van der Waals surface area contributed by atoms with Crippen LogP contribution in [0.4, 0.5) is 23.8 Å². The number of alkyl carbamates (subject to hydrolysis) is 1. The molecule has 2 aromatic rings. The first-order valence-electron chi connectivity index (χ1n) is 11.5. The van der Waals surface area contributed by atoms with E-state index in [9.17, 15) is 23.1 Å². The van der Waals surface area contributed by atoms with E-state index in [0.717, 1.165) is 32.0 Å². The number of aromatic nitrogens is 2. The molecular weight excluding hydrogens is 463 g/mol. The van der Waals surface area contributed by atoms with Crippen LogP contribution in [0.15, 0.2) is 24.3 Å². The zero-order chi connectivity index (χ0) is 25.8. The maximum absolute atomic E-state index is 12.9. The topological polar surface area (TPSA) is 99.6 Å². The molecule has 0 saturated carbocycles. The first-order valence-corrected chi connectivity index (χ1v) is 11.5. The first kappa shape index (κ1) is 26.5. The number of phenols is 1. The number of hydrogen-bond donors (Lipinski definition) is 3. The molecule has 0 aliphatic carbocycles. The van der Waals surface area contributed by atoms with Gasteiger partial charge in [0.25, 0.3) is 0 Å². The van der Waals surface area contributed by atoms with Crippen LogP contribution in [0.1, 0.15) is 44.7 Å². The molecule has 1 atom stereocenters. The molecule has 1 fully saturated rings. The van der Waals surface area contributed by atoms with Crippen LogP contribution >= 0.6 is 0 Å². The standard InChI is InChI=1S/C24H32F3N5O3/c1-15-12-20(30-31-21(15)18-8-7-16(13-19(18)33)24(25,26)27)29-17-6-5-10-32(14-17)11-9-28-22(34)35-23(2,3)4/h7-8,12-13,17,33H,5-6,9-11,14H2,1-4H3,(H,28,34)(H,29,30). The van der Waals surface area contributed by atoms with E-state index in [-0.39, 0.29) is 11.6 Å². The number of ether oxygens (including phenoxy) is 1. The molecule has 1 saturated heterocycles. The van der Waals surface area contributed by atoms with Gasteiger partial charge in [0, 0.05) is 31.2 Å². The number of carbonyl (C=O) groups excluding carboxylic acids is 1. The van der Waals surface area contributed by atoms with Crippen LogP contribution in [0.5, 0.6) is 5.75 Å². The monoisotopic (exact) mass is 495 g/mol. The number of nitrogens with zero attached hydrogens (tertiary/aromatic N) is 3. The highest BCUT2D eigenvalue weighted by molar-refractivity contribution is 5.70. The van der Waals surface area contributed by atoms with Crippen LogP contribution in [0.3, 0.4) is 0 Å². The molecule has 192 valence electrons. The summed E-state index contributed by atoms with van der Waals surface area (Å²) in [6, 6.07) is 4.70. The number of alkyl halides is 3. The third-order valence-electron chi connectivity index (χ3n) is 5.52. The van der Waals surface area contributed by atoms with E-state index in [2.05, 4.69) is 25.7 Å². The Balaban J connectivity index is 1.57. The second-order valence-electron chi connectivity index (χ2n) is 9.70. The lowest BCUT2D eigenvalue weighted by Gasteiger charge is -2.33. The maximum Gasteiger partial charge on any atom is 0.416 e. The number of halogens is 3. The highest BCUT2D eigenvalue weighted by atomic mass is 19.4. The number of benzene rings is 1. The average molecular weight is 496 g/mol. The summed E-state index contributed by atoms with van der Waals surface area (Å²) in [7, 11) is 0. The van der Waals surface area contributed by atoms with Crippen LogP contribution in [0.2, 0.25) is 0 Å². The van der Waals surface area contributed by atoms with E-state index in [4.69, 9.17) is 4.74 Å². The Hall–Kier alpha value is -3.08. The molecule has 0 bridgehead atoms. The fourth-order valence-corrected chi connectivity index (χ4v) is 3.95. The van der Waals surface area contributed by atoms with Crippen molar-refractivity contribution in [2.75, 3.05) is 31.5 Å². The summed E-state index contributed by atoms with van der Waals surface area (Å²) in [6.07, 6.45) is -3.05. The molecule has 3 rings (SSSR count). The Labute approximate surface area is 202 Å². The second kappa shape index (κ2) is 10.7. The van der Waals surface area contributed by atoms with E-state index in [1.54, 1.807) is 13.0 Å². The molecule has 1 aromatic carbocycles. The summed E-state index contributed by atoms with van der Waals surface area (Å²) in [5.41, 5.74) is -0.279. The number of amides is 1. The van der Waals surface area contributed by atoms with Gasteiger partial charge in [-0.25, -0.2) is 4.79 Å². The van der Waals surface area contributed by atoms with Crippen LogP contribution in [0.25, 0.3) is 11.3 Å². The highest BCUT2D eigenvalue weighted by Gasteiger charge is 2.31. The van der Waals surface area contributed by atoms with Gasteiger partial charge in [0.1, 0.15) is 17.2 Å². The number of hydrogen-bond acceptors (Lipinski definition) is 7. The van der Waals surface area contributed by atoms with Gasteiger partial charge < -0.3 is 20.5 Å². The van der Waals surface area contributed by atoms with Gasteiger partial charge >= 0.3 is 12.3 Å². The summed E-state index contributed by atoms with van der Waals surface area (Å²) in [5.74, 6) is 0.0530. The van der Waals surface area contributed by atoms with Gasteiger partial charge in [0.2, 0.25) is 0 Å². The molecule has 3 N–H and O–H groups in total. The number of likely N-dealkylation sites (tertiary alicyclic amines) is 1. The molecule has 2 heterocycles. The fourth-order valence-electron chi connectivity index (χ4n) is 3.95. The summed E-state index contributed by atoms with van der Waals surface area (Å²) in [6.45, 7) is 10.1. The molecule has 11 heteroatoms. The summed E-state index contributed by atoms with van der Waals surface area (Å²) in [4.78, 5) is 14.0. The number of anilines is 1. The number of carbonyl (C=O) groups is 1. The lowest BCUT2D eigenvalue weighted by Crippen LogP contribution is -2.45. The van der Waals surface area contributed by atoms with E-state index in [1.807, 2.05) is 20.8 Å². The molecule has 1 amide bonds. The minimum atomic E-state index is -4.54. The highest BCUT2D eigenvalue weighted by Crippen LogP contribution is 2.36. The van der Waals surface area contributed by atoms with Gasteiger partial charge in [0.05, 0.1) is 11.3 Å². The summed E-state index contributed by atoms with van der Waals surface area (Å²) >= 11 is 0. The normalized spacial score (nSPS) is 17.2. The van der Waals surface area contributed by atoms with Crippen molar-refractivity contribution in [1.29, 1.82) is 0 Å². The maximum atomic E-state index is 12.9. The van der Waals surface area contributed by atoms with Crippen LogP contribution in [0, 0.1) is 6.92 Å². The number of nitrogens with one attached hydrogen (secondary N) is 2. The van der Waals surface area contributed by atoms with Crippen molar-refractivity contribution in [3.05, 3.63) is 35.4 Å². The van der Waals surface area contributed by atoms with Crippen molar-refractivity contribution in [3.8, 4) is 17.0 Å². The molecule has 1 aliphatic rings. The molecule has 0 spiro atoms. The predicted molar refractivity (Wildman–Crippen MR) is 126 cm³/mol. The van der Waals surface area contributed by atoms with Gasteiger partial charge in [-0.05, 0) is 76.9 Å². The largest absolute Gasteiger partial charge is 0.507 e. The van der Waals surface area contributed by atoms with Crippen LogP contribution in [-0.4, -0.2) is 64.1 Å². The van der Waals surface area contributed by atoms with Crippen molar-refractivity contribution in [2.45, 2.75) is 58.4 Å². The van der Waals surface area contributed by atoms with Gasteiger partial charge in [0.15, 0.2) is 0 Å².